The highest BCUT2D eigenvalue weighted by Gasteiger charge is 2.33. The molecule has 0 aliphatic carbocycles. The van der Waals surface area contributed by atoms with Gasteiger partial charge in [-0.1, -0.05) is 44.2 Å². The van der Waals surface area contributed by atoms with E-state index in [-0.39, 0.29) is 22.7 Å². The number of nitrogens with zero attached hydrogens (tertiary/aromatic N) is 3. The summed E-state index contributed by atoms with van der Waals surface area (Å²) < 4.78 is 0.788. The van der Waals surface area contributed by atoms with Crippen molar-refractivity contribution >= 4 is 17.7 Å². The van der Waals surface area contributed by atoms with Crippen LogP contribution in [0.25, 0.3) is 0 Å². The fraction of sp³-hybridized carbons (Fsp3) is 0.333. The molecule has 0 bridgehead atoms. The van der Waals surface area contributed by atoms with E-state index in [1.165, 1.54) is 11.8 Å². The van der Waals surface area contributed by atoms with Crippen molar-refractivity contribution in [1.29, 1.82) is 0 Å². The van der Waals surface area contributed by atoms with Crippen LogP contribution in [0.4, 0.5) is 0 Å². The summed E-state index contributed by atoms with van der Waals surface area (Å²) in [6.07, 6.45) is 11.6. The van der Waals surface area contributed by atoms with Gasteiger partial charge in [0.1, 0.15) is 0 Å². The van der Waals surface area contributed by atoms with E-state index in [0.717, 1.165) is 23.3 Å². The number of carbonyl (C=O) groups excluding carboxylic acids is 1. The Labute approximate surface area is 187 Å². The minimum Gasteiger partial charge on any atom is -0.619 e. The van der Waals surface area contributed by atoms with Crippen LogP contribution in [0, 0.1) is 5.21 Å². The SMILES string of the molecule is CC(C)(CCN1C=CN(C(=O)C2CSC(c3ccc[n+]([O-])c3)N2)C=C1)c1ccccc1. The number of hydrogen-bond donors (Lipinski definition) is 1. The maximum atomic E-state index is 12.9. The molecule has 7 heteroatoms. The van der Waals surface area contributed by atoms with E-state index < -0.39 is 0 Å². The van der Waals surface area contributed by atoms with E-state index in [4.69, 9.17) is 0 Å². The molecule has 1 aromatic heterocycles. The fourth-order valence-corrected chi connectivity index (χ4v) is 4.98. The van der Waals surface area contributed by atoms with Crippen LogP contribution in [0.3, 0.4) is 0 Å². The minimum absolute atomic E-state index is 0.0118. The van der Waals surface area contributed by atoms with Gasteiger partial charge in [0.05, 0.1) is 11.4 Å². The molecule has 2 aromatic rings. The van der Waals surface area contributed by atoms with Crippen molar-refractivity contribution in [3.63, 3.8) is 0 Å². The van der Waals surface area contributed by atoms with Crippen LogP contribution in [-0.4, -0.2) is 34.0 Å². The molecule has 2 aliphatic heterocycles. The number of pyridine rings is 1. The molecule has 2 unspecified atom stereocenters. The molecule has 0 saturated carbocycles. The Morgan fingerprint density at radius 1 is 1.16 bits per heavy atom. The van der Waals surface area contributed by atoms with Crippen LogP contribution < -0.4 is 10.0 Å². The minimum atomic E-state index is -0.284. The van der Waals surface area contributed by atoms with Gasteiger partial charge in [-0.15, -0.1) is 11.8 Å². The first-order valence-electron chi connectivity index (χ1n) is 10.5. The van der Waals surface area contributed by atoms with Crippen molar-refractivity contribution in [3.05, 3.63) is 96.0 Å². The molecule has 3 heterocycles. The van der Waals surface area contributed by atoms with Crippen LogP contribution in [0.2, 0.25) is 0 Å². The Bertz CT molecular complexity index is 963. The third-order valence-corrected chi connectivity index (χ3v) is 7.09. The second-order valence-corrected chi connectivity index (χ2v) is 9.65. The number of hydrogen-bond acceptors (Lipinski definition) is 5. The molecular weight excluding hydrogens is 408 g/mol. The molecule has 1 N–H and O–H groups in total. The summed E-state index contributed by atoms with van der Waals surface area (Å²) in [6.45, 7) is 5.40. The number of rotatable bonds is 6. The van der Waals surface area contributed by atoms with Crippen LogP contribution in [0.15, 0.2) is 79.7 Å². The van der Waals surface area contributed by atoms with Gasteiger partial charge in [0.25, 0.3) is 0 Å². The lowest BCUT2D eigenvalue weighted by Gasteiger charge is -2.30. The summed E-state index contributed by atoms with van der Waals surface area (Å²) in [4.78, 5) is 16.7. The van der Waals surface area contributed by atoms with Crippen molar-refractivity contribution in [1.82, 2.24) is 15.1 Å². The Morgan fingerprint density at radius 3 is 2.61 bits per heavy atom. The zero-order valence-corrected chi connectivity index (χ0v) is 18.7. The number of amides is 1. The van der Waals surface area contributed by atoms with Crippen molar-refractivity contribution in [2.45, 2.75) is 37.1 Å². The first-order valence-corrected chi connectivity index (χ1v) is 11.5. The highest BCUT2D eigenvalue weighted by Crippen LogP contribution is 2.33. The lowest BCUT2D eigenvalue weighted by atomic mass is 9.81. The molecule has 4 rings (SSSR count). The second-order valence-electron chi connectivity index (χ2n) is 8.51. The average Bonchev–Trinajstić information content (AvgIpc) is 3.29. The Morgan fingerprint density at radius 2 is 1.90 bits per heavy atom. The van der Waals surface area contributed by atoms with Gasteiger partial charge >= 0.3 is 0 Å². The molecule has 2 aliphatic rings. The van der Waals surface area contributed by atoms with E-state index in [0.29, 0.717) is 5.75 Å². The van der Waals surface area contributed by atoms with Crippen LogP contribution in [0.5, 0.6) is 0 Å². The van der Waals surface area contributed by atoms with Crippen molar-refractivity contribution in [2.24, 2.45) is 0 Å². The van der Waals surface area contributed by atoms with Crippen LogP contribution >= 0.6 is 11.8 Å². The molecule has 31 heavy (non-hydrogen) atoms. The van der Waals surface area contributed by atoms with Crippen LogP contribution in [-0.2, 0) is 10.2 Å². The van der Waals surface area contributed by atoms with E-state index in [1.54, 1.807) is 28.9 Å². The Hall–Kier alpha value is -2.77. The summed E-state index contributed by atoms with van der Waals surface area (Å²) in [5.74, 6) is 0.683. The van der Waals surface area contributed by atoms with E-state index in [1.807, 2.05) is 36.9 Å². The third kappa shape index (κ3) is 5.11. The van der Waals surface area contributed by atoms with Gasteiger partial charge < -0.3 is 10.1 Å². The molecule has 0 radical (unpaired) electrons. The standard InChI is InChI=1S/C24H28N4O2S/c1-24(2,20-8-4-3-5-9-20)10-12-26-13-15-27(16-14-26)23(29)21-18-31-22(25-21)19-7-6-11-28(30)17-19/h3-9,11,13-17,21-22,25H,10,12,18H2,1-2H3. The number of aromatic nitrogens is 1. The monoisotopic (exact) mass is 436 g/mol. The normalized spacial score (nSPS) is 21.0. The topological polar surface area (TPSA) is 62.5 Å². The van der Waals surface area contributed by atoms with Gasteiger partial charge in [-0.25, -0.2) is 0 Å². The number of benzene rings is 1. The summed E-state index contributed by atoms with van der Waals surface area (Å²) in [5.41, 5.74) is 2.29. The molecule has 2 atom stereocenters. The summed E-state index contributed by atoms with van der Waals surface area (Å²) >= 11 is 1.64. The second kappa shape index (κ2) is 9.16. The average molecular weight is 437 g/mol. The van der Waals surface area contributed by atoms with Crippen molar-refractivity contribution < 1.29 is 9.52 Å². The highest BCUT2D eigenvalue weighted by atomic mass is 32.2. The molecule has 162 valence electrons. The maximum Gasteiger partial charge on any atom is 0.248 e. The van der Waals surface area contributed by atoms with E-state index in [2.05, 4.69) is 48.3 Å². The van der Waals surface area contributed by atoms with E-state index >= 15 is 0 Å². The quantitative estimate of drug-likeness (QED) is 0.555. The van der Waals surface area contributed by atoms with Crippen molar-refractivity contribution in [3.8, 4) is 0 Å². The van der Waals surface area contributed by atoms with Crippen LogP contribution in [0.1, 0.15) is 36.8 Å². The first kappa shape index (κ1) is 21.5. The predicted octanol–water partition coefficient (Wildman–Crippen LogP) is 3.48. The molecule has 1 aromatic carbocycles. The summed E-state index contributed by atoms with van der Waals surface area (Å²) in [7, 11) is 0. The summed E-state index contributed by atoms with van der Waals surface area (Å²) in [6, 6.07) is 13.9. The Kier molecular flexibility index (Phi) is 6.34. The van der Waals surface area contributed by atoms with Gasteiger partial charge in [-0.2, -0.15) is 4.73 Å². The zero-order valence-electron chi connectivity index (χ0n) is 17.8. The van der Waals surface area contributed by atoms with Gasteiger partial charge in [-0.3, -0.25) is 15.0 Å². The predicted molar refractivity (Wildman–Crippen MR) is 123 cm³/mol. The number of nitrogens with one attached hydrogen (secondary N) is 1. The lowest BCUT2D eigenvalue weighted by Crippen LogP contribution is -2.42. The molecular formula is C24H28N4O2S. The van der Waals surface area contributed by atoms with E-state index in [9.17, 15) is 10.0 Å². The molecule has 1 fully saturated rings. The largest absolute Gasteiger partial charge is 0.619 e. The van der Waals surface area contributed by atoms with Gasteiger partial charge in [0.15, 0.2) is 12.4 Å². The highest BCUT2D eigenvalue weighted by molar-refractivity contribution is 7.99. The Balaban J connectivity index is 1.29. The van der Waals surface area contributed by atoms with Gasteiger partial charge in [0, 0.05) is 48.7 Å². The zero-order chi connectivity index (χ0) is 21.8. The van der Waals surface area contributed by atoms with Crippen molar-refractivity contribution in [2.75, 3.05) is 12.3 Å². The van der Waals surface area contributed by atoms with Gasteiger partial charge in [0.2, 0.25) is 5.91 Å². The molecule has 6 nitrogen and oxygen atoms in total. The maximum absolute atomic E-state index is 12.9. The number of carbonyl (C=O) groups is 1. The number of thioether (sulfide) groups is 1. The fourth-order valence-electron chi connectivity index (χ4n) is 3.77. The smallest absolute Gasteiger partial charge is 0.248 e. The summed E-state index contributed by atoms with van der Waals surface area (Å²) in [5, 5.41) is 14.8. The third-order valence-electron chi connectivity index (χ3n) is 5.82. The molecule has 1 amide bonds. The molecule has 1 saturated heterocycles. The molecule has 0 spiro atoms. The van der Waals surface area contributed by atoms with Gasteiger partial charge in [-0.05, 0) is 23.5 Å². The first-order chi connectivity index (χ1) is 14.9. The lowest BCUT2D eigenvalue weighted by molar-refractivity contribution is -0.605.